The highest BCUT2D eigenvalue weighted by Gasteiger charge is 2.33. The molecule has 1 N–H and O–H groups in total. The number of hydrogen-bond acceptors (Lipinski definition) is 3. The molecule has 96 valence electrons. The minimum Gasteiger partial charge on any atom is -0.404 e. The minimum absolute atomic E-state index is 0.105. The number of alkyl halides is 5. The van der Waals surface area contributed by atoms with Crippen molar-refractivity contribution < 1.29 is 36.2 Å². The van der Waals surface area contributed by atoms with Crippen molar-refractivity contribution in [3.63, 3.8) is 0 Å². The summed E-state index contributed by atoms with van der Waals surface area (Å²) in [6, 6.07) is 0.105. The summed E-state index contributed by atoms with van der Waals surface area (Å²) >= 11 is 0. The van der Waals surface area contributed by atoms with Crippen LogP contribution in [0.3, 0.4) is 0 Å². The van der Waals surface area contributed by atoms with Gasteiger partial charge in [-0.2, -0.15) is 0 Å². The molecule has 0 amide bonds. The Labute approximate surface area is 90.6 Å². The van der Waals surface area contributed by atoms with Gasteiger partial charge in [0.1, 0.15) is 11.4 Å². The zero-order chi connectivity index (χ0) is 13.2. The van der Waals surface area contributed by atoms with E-state index in [1.807, 2.05) is 0 Å². The molecule has 0 radical (unpaired) electrons. The van der Waals surface area contributed by atoms with Crippen LogP contribution in [0.4, 0.5) is 26.3 Å². The number of ether oxygens (including phenoxy) is 1. The van der Waals surface area contributed by atoms with E-state index >= 15 is 0 Å². The molecule has 0 aromatic carbocycles. The molecule has 3 nitrogen and oxygen atoms in total. The average molecular weight is 261 g/mol. The number of hydrogen-bond donors (Lipinski definition) is 1. The molecule has 17 heavy (non-hydrogen) atoms. The van der Waals surface area contributed by atoms with Crippen LogP contribution in [0.25, 0.3) is 0 Å². The maximum atomic E-state index is 12.9. The highest BCUT2D eigenvalue weighted by Crippen LogP contribution is 2.30. The molecule has 0 saturated heterocycles. The van der Waals surface area contributed by atoms with Gasteiger partial charge in [-0.3, -0.25) is 0 Å². The first kappa shape index (κ1) is 13.6. The first-order chi connectivity index (χ1) is 7.74. The van der Waals surface area contributed by atoms with Crippen LogP contribution in [0.5, 0.6) is 5.75 Å². The topological polar surface area (TPSA) is 42.4 Å². The van der Waals surface area contributed by atoms with Crippen molar-refractivity contribution in [2.75, 3.05) is 0 Å². The average Bonchev–Trinajstić information content (AvgIpc) is 2.14. The normalized spacial score (nSPS) is 12.0. The molecule has 0 fully saturated rings. The lowest BCUT2D eigenvalue weighted by Gasteiger charge is -2.13. The Balaban J connectivity index is 3.19. The molecule has 0 spiro atoms. The lowest BCUT2D eigenvalue weighted by Crippen LogP contribution is -2.19. The molecule has 1 heterocycles. The van der Waals surface area contributed by atoms with E-state index in [1.54, 1.807) is 0 Å². The second-order valence-corrected chi connectivity index (χ2v) is 2.81. The third-order valence-corrected chi connectivity index (χ3v) is 1.62. The summed E-state index contributed by atoms with van der Waals surface area (Å²) in [5.74, 6) is -2.79. The van der Waals surface area contributed by atoms with Crippen molar-refractivity contribution in [2.45, 2.75) is 19.4 Å². The van der Waals surface area contributed by atoms with Gasteiger partial charge in [0.15, 0.2) is 11.6 Å². The molecular formula is C8H5F6NO2. The maximum absolute atomic E-state index is 12.9. The van der Waals surface area contributed by atoms with E-state index in [-0.39, 0.29) is 6.07 Å². The maximum Gasteiger partial charge on any atom is 0.573 e. The van der Waals surface area contributed by atoms with E-state index in [4.69, 9.17) is 5.11 Å². The number of rotatable bonds is 3. The Kier molecular flexibility index (Phi) is 3.81. The third kappa shape index (κ3) is 3.48. The van der Waals surface area contributed by atoms with E-state index in [1.165, 1.54) is 0 Å². The van der Waals surface area contributed by atoms with Gasteiger partial charge in [-0.05, 0) is 0 Å². The zero-order valence-corrected chi connectivity index (χ0v) is 7.93. The van der Waals surface area contributed by atoms with Crippen molar-refractivity contribution in [1.29, 1.82) is 0 Å². The monoisotopic (exact) mass is 261 g/mol. The van der Waals surface area contributed by atoms with Crippen LogP contribution in [0.1, 0.15) is 17.8 Å². The Bertz CT molecular complexity index is 406. The van der Waals surface area contributed by atoms with Crippen LogP contribution in [0, 0.1) is 5.82 Å². The van der Waals surface area contributed by atoms with Crippen LogP contribution < -0.4 is 4.74 Å². The Morgan fingerprint density at radius 3 is 2.35 bits per heavy atom. The SMILES string of the molecule is OCc1nc(C(F)F)c(F)cc1OC(F)(F)F. The van der Waals surface area contributed by atoms with Gasteiger partial charge in [0.25, 0.3) is 6.43 Å². The first-order valence-electron chi connectivity index (χ1n) is 4.08. The summed E-state index contributed by atoms with van der Waals surface area (Å²) in [6.07, 6.45) is -8.44. The van der Waals surface area contributed by atoms with Gasteiger partial charge in [0.2, 0.25) is 0 Å². The van der Waals surface area contributed by atoms with Crippen molar-refractivity contribution in [2.24, 2.45) is 0 Å². The molecule has 1 aromatic heterocycles. The fraction of sp³-hybridized carbons (Fsp3) is 0.375. The summed E-state index contributed by atoms with van der Waals surface area (Å²) in [5.41, 5.74) is -2.16. The predicted octanol–water partition coefficient (Wildman–Crippen LogP) is 2.55. The third-order valence-electron chi connectivity index (χ3n) is 1.62. The smallest absolute Gasteiger partial charge is 0.404 e. The van der Waals surface area contributed by atoms with Crippen LogP contribution in [0.15, 0.2) is 6.07 Å². The lowest BCUT2D eigenvalue weighted by atomic mass is 10.2. The number of aliphatic hydroxyl groups excluding tert-OH is 1. The van der Waals surface area contributed by atoms with Gasteiger partial charge in [-0.25, -0.2) is 18.2 Å². The molecule has 9 heteroatoms. The minimum atomic E-state index is -5.13. The highest BCUT2D eigenvalue weighted by molar-refractivity contribution is 5.30. The summed E-state index contributed by atoms with van der Waals surface area (Å²) in [6.45, 7) is -1.09. The van der Waals surface area contributed by atoms with Gasteiger partial charge >= 0.3 is 6.36 Å². The van der Waals surface area contributed by atoms with Gasteiger partial charge in [0, 0.05) is 6.07 Å². The van der Waals surface area contributed by atoms with Crippen molar-refractivity contribution in [3.8, 4) is 5.75 Å². The number of halogens is 6. The quantitative estimate of drug-likeness (QED) is 0.850. The zero-order valence-electron chi connectivity index (χ0n) is 7.93. The molecule has 0 unspecified atom stereocenters. The van der Waals surface area contributed by atoms with Crippen molar-refractivity contribution in [3.05, 3.63) is 23.3 Å². The first-order valence-corrected chi connectivity index (χ1v) is 4.08. The predicted molar refractivity (Wildman–Crippen MR) is 41.8 cm³/mol. The van der Waals surface area contributed by atoms with Gasteiger partial charge in [-0.1, -0.05) is 0 Å². The standard InChI is InChI=1S/C8H5F6NO2/c9-3-1-5(17-8(12,13)14)4(2-16)15-6(3)7(10)11/h1,7,16H,2H2. The van der Waals surface area contributed by atoms with Crippen LogP contribution in [-0.2, 0) is 6.61 Å². The summed E-state index contributed by atoms with van der Waals surface area (Å²) in [7, 11) is 0. The number of aliphatic hydroxyl groups is 1. The summed E-state index contributed by atoms with van der Waals surface area (Å²) in [4.78, 5) is 2.87. The molecule has 0 bridgehead atoms. The van der Waals surface area contributed by atoms with Crippen LogP contribution in [0.2, 0.25) is 0 Å². The molecule has 0 aliphatic rings. The Hall–Kier alpha value is -1.51. The molecule has 0 aliphatic heterocycles. The van der Waals surface area contributed by atoms with E-state index in [9.17, 15) is 26.3 Å². The molecular weight excluding hydrogens is 256 g/mol. The fourth-order valence-corrected chi connectivity index (χ4v) is 1.01. The second-order valence-electron chi connectivity index (χ2n) is 2.81. The van der Waals surface area contributed by atoms with E-state index < -0.39 is 42.3 Å². The number of nitrogens with zero attached hydrogens (tertiary/aromatic N) is 1. The van der Waals surface area contributed by atoms with Crippen LogP contribution in [-0.4, -0.2) is 16.5 Å². The van der Waals surface area contributed by atoms with Crippen LogP contribution >= 0.6 is 0 Å². The van der Waals surface area contributed by atoms with Gasteiger partial charge in [0.05, 0.1) is 6.61 Å². The molecule has 1 rings (SSSR count). The fourth-order valence-electron chi connectivity index (χ4n) is 1.01. The second kappa shape index (κ2) is 4.78. The van der Waals surface area contributed by atoms with Crippen molar-refractivity contribution >= 4 is 0 Å². The Morgan fingerprint density at radius 2 is 1.94 bits per heavy atom. The largest absolute Gasteiger partial charge is 0.573 e. The van der Waals surface area contributed by atoms with E-state index in [2.05, 4.69) is 9.72 Å². The lowest BCUT2D eigenvalue weighted by molar-refractivity contribution is -0.275. The molecule has 0 aliphatic carbocycles. The number of aromatic nitrogens is 1. The molecule has 1 aromatic rings. The number of pyridine rings is 1. The summed E-state index contributed by atoms with van der Waals surface area (Å²) in [5, 5.41) is 8.64. The molecule has 0 saturated carbocycles. The highest BCUT2D eigenvalue weighted by atomic mass is 19.4. The van der Waals surface area contributed by atoms with Crippen molar-refractivity contribution in [1.82, 2.24) is 4.98 Å². The Morgan fingerprint density at radius 1 is 1.35 bits per heavy atom. The van der Waals surface area contributed by atoms with E-state index in [0.717, 1.165) is 0 Å². The summed E-state index contributed by atoms with van der Waals surface area (Å²) < 4.78 is 76.1. The van der Waals surface area contributed by atoms with Gasteiger partial charge < -0.3 is 9.84 Å². The molecule has 0 atom stereocenters. The van der Waals surface area contributed by atoms with Gasteiger partial charge in [-0.15, -0.1) is 13.2 Å². The van der Waals surface area contributed by atoms with E-state index in [0.29, 0.717) is 0 Å².